The van der Waals surface area contributed by atoms with Crippen molar-refractivity contribution in [1.82, 2.24) is 15.5 Å². The summed E-state index contributed by atoms with van der Waals surface area (Å²) in [5, 5.41) is 3.80. The lowest BCUT2D eigenvalue weighted by molar-refractivity contribution is -0.173. The summed E-state index contributed by atoms with van der Waals surface area (Å²) in [4.78, 5) is 47.3. The van der Waals surface area contributed by atoms with Gasteiger partial charge in [-0.3, -0.25) is 24.1 Å². The SMILES string of the molecule is O=C(CN1C(=O)c2ccc(Br)cc2C1=O)NCCNC(=O)C(F)(F)F. The van der Waals surface area contributed by atoms with Gasteiger partial charge in [-0.05, 0) is 18.2 Å². The lowest BCUT2D eigenvalue weighted by Gasteiger charge is -2.14. The van der Waals surface area contributed by atoms with Crippen LogP contribution in [-0.4, -0.2) is 54.3 Å². The van der Waals surface area contributed by atoms with Gasteiger partial charge < -0.3 is 10.6 Å². The van der Waals surface area contributed by atoms with Crippen molar-refractivity contribution in [3.63, 3.8) is 0 Å². The molecule has 0 spiro atoms. The van der Waals surface area contributed by atoms with E-state index in [1.54, 1.807) is 11.4 Å². The highest BCUT2D eigenvalue weighted by Crippen LogP contribution is 2.25. The van der Waals surface area contributed by atoms with Crippen LogP contribution in [0.5, 0.6) is 0 Å². The third kappa shape index (κ3) is 4.35. The molecule has 0 bridgehead atoms. The highest BCUT2D eigenvalue weighted by atomic mass is 79.9. The van der Waals surface area contributed by atoms with Gasteiger partial charge in [-0.25, -0.2) is 0 Å². The monoisotopic (exact) mass is 421 g/mol. The summed E-state index contributed by atoms with van der Waals surface area (Å²) in [5.41, 5.74) is 0.322. The zero-order chi connectivity index (χ0) is 18.8. The highest BCUT2D eigenvalue weighted by molar-refractivity contribution is 9.10. The minimum absolute atomic E-state index is 0.157. The normalized spacial score (nSPS) is 13.7. The van der Waals surface area contributed by atoms with E-state index in [4.69, 9.17) is 0 Å². The van der Waals surface area contributed by atoms with Crippen LogP contribution in [0.2, 0.25) is 0 Å². The van der Waals surface area contributed by atoms with E-state index < -0.39 is 42.9 Å². The number of carbonyl (C=O) groups is 4. The van der Waals surface area contributed by atoms with Gasteiger partial charge >= 0.3 is 12.1 Å². The molecule has 0 radical (unpaired) electrons. The second-order valence-electron chi connectivity index (χ2n) is 4.99. The lowest BCUT2D eigenvalue weighted by atomic mass is 10.1. The van der Waals surface area contributed by atoms with E-state index >= 15 is 0 Å². The smallest absolute Gasteiger partial charge is 0.353 e. The first-order valence-corrected chi connectivity index (χ1v) is 7.68. The van der Waals surface area contributed by atoms with Gasteiger partial charge in [-0.2, -0.15) is 13.2 Å². The number of halogens is 4. The Kier molecular flexibility index (Phi) is 5.45. The molecule has 0 atom stereocenters. The van der Waals surface area contributed by atoms with Crippen molar-refractivity contribution in [3.8, 4) is 0 Å². The molecule has 11 heteroatoms. The molecule has 2 rings (SSSR count). The molecular weight excluding hydrogens is 411 g/mol. The number of amides is 4. The van der Waals surface area contributed by atoms with Crippen LogP contribution in [0.1, 0.15) is 20.7 Å². The number of nitrogens with one attached hydrogen (secondary N) is 2. The van der Waals surface area contributed by atoms with Gasteiger partial charge in [0.2, 0.25) is 5.91 Å². The second kappa shape index (κ2) is 7.21. The number of hydrogen-bond acceptors (Lipinski definition) is 4. The molecule has 7 nitrogen and oxygen atoms in total. The minimum atomic E-state index is -5.00. The second-order valence-corrected chi connectivity index (χ2v) is 5.91. The predicted octanol–water partition coefficient (Wildman–Crippen LogP) is 0.840. The van der Waals surface area contributed by atoms with Crippen molar-refractivity contribution in [2.75, 3.05) is 19.6 Å². The standard InChI is InChI=1S/C14H11BrF3N3O4/c15-7-1-2-8-9(5-7)12(24)21(11(8)23)6-10(22)19-3-4-20-13(25)14(16,17)18/h1-2,5H,3-4,6H2,(H,19,22)(H,20,25). The van der Waals surface area contributed by atoms with Crippen LogP contribution >= 0.6 is 15.9 Å². The molecular formula is C14H11BrF3N3O4. The van der Waals surface area contributed by atoms with E-state index in [9.17, 15) is 32.3 Å². The van der Waals surface area contributed by atoms with Crippen molar-refractivity contribution >= 4 is 39.6 Å². The fourth-order valence-electron chi connectivity index (χ4n) is 2.08. The molecule has 134 valence electrons. The Bertz CT molecular complexity index is 751. The summed E-state index contributed by atoms with van der Waals surface area (Å²) < 4.78 is 36.5. The molecule has 0 saturated heterocycles. The van der Waals surface area contributed by atoms with E-state index in [1.165, 1.54) is 12.1 Å². The Labute approximate surface area is 147 Å². The molecule has 1 heterocycles. The number of imide groups is 1. The molecule has 2 N–H and O–H groups in total. The van der Waals surface area contributed by atoms with Crippen LogP contribution in [0.15, 0.2) is 22.7 Å². The number of alkyl halides is 3. The van der Waals surface area contributed by atoms with Gasteiger partial charge in [0.25, 0.3) is 11.8 Å². The van der Waals surface area contributed by atoms with Crippen molar-refractivity contribution in [1.29, 1.82) is 0 Å². The Morgan fingerprint density at radius 3 is 2.28 bits per heavy atom. The summed E-state index contributed by atoms with van der Waals surface area (Å²) in [6, 6.07) is 4.49. The van der Waals surface area contributed by atoms with E-state index in [-0.39, 0.29) is 17.7 Å². The van der Waals surface area contributed by atoms with E-state index in [1.807, 2.05) is 0 Å². The van der Waals surface area contributed by atoms with E-state index in [0.29, 0.717) is 4.47 Å². The lowest BCUT2D eigenvalue weighted by Crippen LogP contribution is -2.44. The molecule has 1 aromatic carbocycles. The topological polar surface area (TPSA) is 95.6 Å². The van der Waals surface area contributed by atoms with Crippen molar-refractivity contribution in [2.45, 2.75) is 6.18 Å². The molecule has 4 amide bonds. The van der Waals surface area contributed by atoms with Crippen molar-refractivity contribution in [2.24, 2.45) is 0 Å². The number of hydrogen-bond donors (Lipinski definition) is 2. The Hall–Kier alpha value is -2.43. The van der Waals surface area contributed by atoms with Gasteiger partial charge in [0.15, 0.2) is 0 Å². The van der Waals surface area contributed by atoms with Crippen LogP contribution in [0.25, 0.3) is 0 Å². The summed E-state index contributed by atoms with van der Waals surface area (Å²) in [6.45, 7) is -1.30. The van der Waals surface area contributed by atoms with Gasteiger partial charge in [0, 0.05) is 17.6 Å². The zero-order valence-corrected chi connectivity index (χ0v) is 14.0. The number of fused-ring (bicyclic) bond motifs is 1. The predicted molar refractivity (Wildman–Crippen MR) is 81.6 cm³/mol. The quantitative estimate of drug-likeness (QED) is 0.543. The van der Waals surface area contributed by atoms with Gasteiger partial charge in [-0.1, -0.05) is 15.9 Å². The molecule has 0 unspecified atom stereocenters. The average molecular weight is 422 g/mol. The average Bonchev–Trinajstić information content (AvgIpc) is 2.75. The summed E-state index contributed by atoms with van der Waals surface area (Å²) >= 11 is 3.17. The number of benzene rings is 1. The molecule has 0 fully saturated rings. The maximum atomic E-state index is 12.1. The first-order valence-electron chi connectivity index (χ1n) is 6.88. The third-order valence-corrected chi connectivity index (χ3v) is 3.72. The molecule has 0 saturated carbocycles. The highest BCUT2D eigenvalue weighted by Gasteiger charge is 2.38. The molecule has 0 aliphatic carbocycles. The van der Waals surface area contributed by atoms with E-state index in [0.717, 1.165) is 4.90 Å². The fourth-order valence-corrected chi connectivity index (χ4v) is 2.45. The summed E-state index contributed by atoms with van der Waals surface area (Å²) in [5.74, 6) is -4.13. The first kappa shape index (κ1) is 18.9. The number of rotatable bonds is 5. The molecule has 0 aromatic heterocycles. The third-order valence-electron chi connectivity index (χ3n) is 3.22. The Morgan fingerprint density at radius 1 is 1.04 bits per heavy atom. The van der Waals surface area contributed by atoms with Crippen LogP contribution < -0.4 is 10.6 Å². The van der Waals surface area contributed by atoms with Crippen molar-refractivity contribution < 1.29 is 32.3 Å². The van der Waals surface area contributed by atoms with E-state index in [2.05, 4.69) is 21.2 Å². The fraction of sp³-hybridized carbons (Fsp3) is 0.286. The van der Waals surface area contributed by atoms with Gasteiger partial charge in [0.05, 0.1) is 11.1 Å². The Morgan fingerprint density at radius 2 is 1.64 bits per heavy atom. The van der Waals surface area contributed by atoms with Gasteiger partial charge in [-0.15, -0.1) is 0 Å². The Balaban J connectivity index is 1.85. The molecule has 1 aliphatic rings. The minimum Gasteiger partial charge on any atom is -0.353 e. The summed E-state index contributed by atoms with van der Waals surface area (Å²) in [6.07, 6.45) is -5.00. The molecule has 25 heavy (non-hydrogen) atoms. The first-order chi connectivity index (χ1) is 11.6. The number of nitrogens with zero attached hydrogens (tertiary/aromatic N) is 1. The zero-order valence-electron chi connectivity index (χ0n) is 12.4. The van der Waals surface area contributed by atoms with Crippen LogP contribution in [0, 0.1) is 0 Å². The molecule has 1 aromatic rings. The maximum Gasteiger partial charge on any atom is 0.471 e. The van der Waals surface area contributed by atoms with Crippen LogP contribution in [0.3, 0.4) is 0 Å². The van der Waals surface area contributed by atoms with Crippen LogP contribution in [0.4, 0.5) is 13.2 Å². The summed E-state index contributed by atoms with van der Waals surface area (Å²) in [7, 11) is 0. The van der Waals surface area contributed by atoms with Crippen molar-refractivity contribution in [3.05, 3.63) is 33.8 Å². The maximum absolute atomic E-state index is 12.1. The van der Waals surface area contributed by atoms with Crippen LogP contribution in [-0.2, 0) is 9.59 Å². The largest absolute Gasteiger partial charge is 0.471 e. The number of carbonyl (C=O) groups excluding carboxylic acids is 4. The molecule has 1 aliphatic heterocycles. The van der Waals surface area contributed by atoms with Gasteiger partial charge in [0.1, 0.15) is 6.54 Å².